The van der Waals surface area contributed by atoms with Gasteiger partial charge in [0.1, 0.15) is 0 Å². The van der Waals surface area contributed by atoms with E-state index in [-0.39, 0.29) is 17.6 Å². The molecule has 150 valence electrons. The lowest BCUT2D eigenvalue weighted by Crippen LogP contribution is -2.75. The van der Waals surface area contributed by atoms with Crippen molar-refractivity contribution < 1.29 is 14.3 Å². The van der Waals surface area contributed by atoms with Gasteiger partial charge in [0.05, 0.1) is 19.3 Å². The third kappa shape index (κ3) is 4.18. The molecular formula is C20H37N3O3. The van der Waals surface area contributed by atoms with Crippen molar-refractivity contribution in [3.63, 3.8) is 0 Å². The number of nitrogens with zero attached hydrogens (tertiary/aromatic N) is 2. The van der Waals surface area contributed by atoms with Crippen LogP contribution in [0.3, 0.4) is 0 Å². The van der Waals surface area contributed by atoms with Crippen molar-refractivity contribution >= 4 is 6.03 Å². The molecule has 0 radical (unpaired) electrons. The first-order valence-electron chi connectivity index (χ1n) is 10.5. The second-order valence-electron chi connectivity index (χ2n) is 8.49. The van der Waals surface area contributed by atoms with Crippen LogP contribution in [0, 0.1) is 0 Å². The minimum absolute atomic E-state index is 0.0928. The van der Waals surface area contributed by atoms with Gasteiger partial charge in [0.25, 0.3) is 0 Å². The maximum Gasteiger partial charge on any atom is 0.317 e. The Morgan fingerprint density at radius 3 is 2.46 bits per heavy atom. The van der Waals surface area contributed by atoms with E-state index in [1.54, 1.807) is 7.11 Å². The second-order valence-corrected chi connectivity index (χ2v) is 8.49. The molecule has 3 aliphatic rings. The van der Waals surface area contributed by atoms with Gasteiger partial charge in [-0.2, -0.15) is 0 Å². The Hall–Kier alpha value is -0.850. The Morgan fingerprint density at radius 1 is 1.15 bits per heavy atom. The van der Waals surface area contributed by atoms with Crippen molar-refractivity contribution in [2.24, 2.45) is 0 Å². The molecule has 2 amide bonds. The fraction of sp³-hybridized carbons (Fsp3) is 0.950. The summed E-state index contributed by atoms with van der Waals surface area (Å²) in [5.74, 6) is 0. The number of carbonyl (C=O) groups is 1. The van der Waals surface area contributed by atoms with Gasteiger partial charge in [0.2, 0.25) is 0 Å². The van der Waals surface area contributed by atoms with Gasteiger partial charge in [-0.25, -0.2) is 4.79 Å². The number of nitrogens with one attached hydrogen (secondary N) is 1. The highest BCUT2D eigenvalue weighted by molar-refractivity contribution is 5.74. The lowest BCUT2D eigenvalue weighted by atomic mass is 9.69. The van der Waals surface area contributed by atoms with Gasteiger partial charge in [0.15, 0.2) is 0 Å². The molecule has 1 N–H and O–H groups in total. The van der Waals surface area contributed by atoms with E-state index in [9.17, 15) is 4.79 Å². The summed E-state index contributed by atoms with van der Waals surface area (Å²) in [5.41, 5.74) is 0.249. The van der Waals surface area contributed by atoms with Gasteiger partial charge >= 0.3 is 6.03 Å². The summed E-state index contributed by atoms with van der Waals surface area (Å²) < 4.78 is 11.4. The number of ether oxygens (including phenoxy) is 2. The first-order chi connectivity index (χ1) is 12.6. The van der Waals surface area contributed by atoms with Crippen LogP contribution in [-0.2, 0) is 9.47 Å². The molecule has 3 fully saturated rings. The predicted molar refractivity (Wildman–Crippen MR) is 102 cm³/mol. The molecule has 1 unspecified atom stereocenters. The highest BCUT2D eigenvalue weighted by Crippen LogP contribution is 2.47. The van der Waals surface area contributed by atoms with Crippen LogP contribution in [0.2, 0.25) is 0 Å². The zero-order valence-corrected chi connectivity index (χ0v) is 16.8. The van der Waals surface area contributed by atoms with E-state index >= 15 is 0 Å². The topological polar surface area (TPSA) is 54.0 Å². The highest BCUT2D eigenvalue weighted by Gasteiger charge is 2.56. The number of piperidine rings is 1. The molecule has 26 heavy (non-hydrogen) atoms. The maximum absolute atomic E-state index is 12.2. The second kappa shape index (κ2) is 8.89. The normalized spacial score (nSPS) is 26.9. The van der Waals surface area contributed by atoms with Gasteiger partial charge in [-0.15, -0.1) is 0 Å². The average Bonchev–Trinajstić information content (AvgIpc) is 2.64. The Balaban J connectivity index is 1.55. The van der Waals surface area contributed by atoms with E-state index in [1.165, 1.54) is 32.1 Å². The Morgan fingerprint density at radius 2 is 1.85 bits per heavy atom. The minimum Gasteiger partial charge on any atom is -0.382 e. The van der Waals surface area contributed by atoms with Crippen LogP contribution >= 0.6 is 0 Å². The largest absolute Gasteiger partial charge is 0.382 e. The summed E-state index contributed by atoms with van der Waals surface area (Å²) in [6, 6.07) is 0.889. The van der Waals surface area contributed by atoms with E-state index < -0.39 is 0 Å². The van der Waals surface area contributed by atoms with E-state index in [0.717, 1.165) is 32.5 Å². The van der Waals surface area contributed by atoms with Crippen LogP contribution < -0.4 is 5.32 Å². The molecule has 2 saturated heterocycles. The van der Waals surface area contributed by atoms with Gasteiger partial charge < -0.3 is 19.7 Å². The summed E-state index contributed by atoms with van der Waals surface area (Å²) in [7, 11) is 1.73. The van der Waals surface area contributed by atoms with Crippen molar-refractivity contribution in [3.8, 4) is 0 Å². The number of urea groups is 1. The molecule has 1 atom stereocenters. The number of likely N-dealkylation sites (tertiary alicyclic amines) is 2. The van der Waals surface area contributed by atoms with Gasteiger partial charge in [0, 0.05) is 44.4 Å². The van der Waals surface area contributed by atoms with Crippen molar-refractivity contribution in [3.05, 3.63) is 0 Å². The monoisotopic (exact) mass is 367 g/mol. The molecule has 6 heteroatoms. The Labute approximate surface area is 158 Å². The molecule has 1 aliphatic carbocycles. The molecule has 1 saturated carbocycles. The standard InChI is InChI=1S/C20H37N3O3/c1-16(2)21-19(24)22-11-7-17(8-12-22)23-15-18(26-14-13-25-3)20(23)9-5-4-6-10-20/h16-18H,4-15H2,1-3H3,(H,21,24). The molecule has 2 aliphatic heterocycles. The fourth-order valence-corrected chi connectivity index (χ4v) is 5.09. The van der Waals surface area contributed by atoms with Gasteiger partial charge in [-0.3, -0.25) is 4.90 Å². The fourth-order valence-electron chi connectivity index (χ4n) is 5.09. The zero-order chi connectivity index (χ0) is 18.6. The van der Waals surface area contributed by atoms with Gasteiger partial charge in [-0.05, 0) is 39.5 Å². The van der Waals surface area contributed by atoms with Crippen LogP contribution in [0.15, 0.2) is 0 Å². The molecular weight excluding hydrogens is 330 g/mol. The van der Waals surface area contributed by atoms with Crippen molar-refractivity contribution in [2.75, 3.05) is 40.0 Å². The molecule has 6 nitrogen and oxygen atoms in total. The highest BCUT2D eigenvalue weighted by atomic mass is 16.5. The van der Waals surface area contributed by atoms with Crippen LogP contribution in [0.5, 0.6) is 0 Å². The Kier molecular flexibility index (Phi) is 6.81. The summed E-state index contributed by atoms with van der Waals surface area (Å²) in [4.78, 5) is 17.0. The predicted octanol–water partition coefficient (Wildman–Crippen LogP) is 2.62. The van der Waals surface area contributed by atoms with E-state index in [2.05, 4.69) is 10.2 Å². The SMILES string of the molecule is COCCOC1CN(C2CCN(C(=O)NC(C)C)CC2)C12CCCCC2. The van der Waals surface area contributed by atoms with E-state index in [0.29, 0.717) is 25.4 Å². The van der Waals surface area contributed by atoms with Crippen LogP contribution in [0.25, 0.3) is 0 Å². The number of hydrogen-bond acceptors (Lipinski definition) is 4. The zero-order valence-electron chi connectivity index (χ0n) is 16.8. The van der Waals surface area contributed by atoms with Crippen molar-refractivity contribution in [1.29, 1.82) is 0 Å². The van der Waals surface area contributed by atoms with Gasteiger partial charge in [-0.1, -0.05) is 19.3 Å². The molecule has 0 aromatic rings. The first kappa shape index (κ1) is 19.9. The lowest BCUT2D eigenvalue weighted by molar-refractivity contribution is -0.203. The first-order valence-corrected chi connectivity index (χ1v) is 10.5. The number of amides is 2. The number of methoxy groups -OCH3 is 1. The van der Waals surface area contributed by atoms with E-state index in [1.807, 2.05) is 18.7 Å². The summed E-state index contributed by atoms with van der Waals surface area (Å²) in [6.45, 7) is 8.19. The summed E-state index contributed by atoms with van der Waals surface area (Å²) in [6.07, 6.45) is 9.04. The summed E-state index contributed by atoms with van der Waals surface area (Å²) in [5, 5.41) is 3.02. The summed E-state index contributed by atoms with van der Waals surface area (Å²) >= 11 is 0. The molecule has 2 heterocycles. The maximum atomic E-state index is 12.2. The Bertz CT molecular complexity index is 457. The quantitative estimate of drug-likeness (QED) is 0.733. The smallest absolute Gasteiger partial charge is 0.317 e. The number of hydrogen-bond donors (Lipinski definition) is 1. The average molecular weight is 368 g/mol. The number of rotatable bonds is 6. The van der Waals surface area contributed by atoms with Crippen LogP contribution in [0.1, 0.15) is 58.8 Å². The molecule has 1 spiro atoms. The minimum atomic E-state index is 0.0928. The molecule has 0 aromatic carbocycles. The third-order valence-electron chi connectivity index (χ3n) is 6.46. The van der Waals surface area contributed by atoms with E-state index in [4.69, 9.17) is 9.47 Å². The van der Waals surface area contributed by atoms with Crippen LogP contribution in [-0.4, -0.2) is 79.5 Å². The van der Waals surface area contributed by atoms with Crippen LogP contribution in [0.4, 0.5) is 4.79 Å². The molecule has 0 aromatic heterocycles. The number of carbonyl (C=O) groups excluding carboxylic acids is 1. The third-order valence-corrected chi connectivity index (χ3v) is 6.46. The van der Waals surface area contributed by atoms with Crippen molar-refractivity contribution in [1.82, 2.24) is 15.1 Å². The molecule has 0 bridgehead atoms. The van der Waals surface area contributed by atoms with Crippen molar-refractivity contribution in [2.45, 2.75) is 82.5 Å². The lowest BCUT2D eigenvalue weighted by Gasteiger charge is -2.63. The molecule has 3 rings (SSSR count).